The fourth-order valence-corrected chi connectivity index (χ4v) is 3.07. The van der Waals surface area contributed by atoms with Crippen LogP contribution in [-0.2, 0) is 16.8 Å². The molecule has 3 rings (SSSR count). The molecule has 1 N–H and O–H groups in total. The summed E-state index contributed by atoms with van der Waals surface area (Å²) in [5, 5.41) is 13.1. The Morgan fingerprint density at radius 2 is 1.91 bits per heavy atom. The van der Waals surface area contributed by atoms with Crippen LogP contribution in [0, 0.1) is 0 Å². The van der Waals surface area contributed by atoms with Gasteiger partial charge in [0.2, 0.25) is 0 Å². The van der Waals surface area contributed by atoms with Crippen LogP contribution in [0.1, 0.15) is 28.9 Å². The number of hydrogen-bond donors (Lipinski definition) is 1. The average molecular weight is 469 g/mol. The average Bonchev–Trinajstić information content (AvgIpc) is 3.19. The molecule has 0 aliphatic heterocycles. The number of aromatic carboxylic acids is 1. The van der Waals surface area contributed by atoms with Crippen molar-refractivity contribution >= 4 is 35.0 Å². The zero-order valence-corrected chi connectivity index (χ0v) is 17.3. The molecule has 0 atom stereocenters. The smallest absolute Gasteiger partial charge is 0.419 e. The van der Waals surface area contributed by atoms with Crippen molar-refractivity contribution in [3.63, 3.8) is 0 Å². The first-order valence-electron chi connectivity index (χ1n) is 9.16. The van der Waals surface area contributed by atoms with Crippen LogP contribution in [0.4, 0.5) is 29.3 Å². The van der Waals surface area contributed by atoms with Gasteiger partial charge in [0.05, 0.1) is 35.1 Å². The first-order valence-corrected chi connectivity index (χ1v) is 9.69. The van der Waals surface area contributed by atoms with Gasteiger partial charge >= 0.3 is 18.2 Å². The number of rotatable bonds is 6. The molecule has 0 aliphatic carbocycles. The molecular weight excluding hydrogens is 453 g/mol. The molecular formula is C20H16ClF3N4O4. The predicted octanol–water partition coefficient (Wildman–Crippen LogP) is 5.02. The van der Waals surface area contributed by atoms with Crippen LogP contribution in [0.25, 0.3) is 5.69 Å². The minimum absolute atomic E-state index is 0.0319. The largest absolute Gasteiger partial charge is 0.475 e. The summed E-state index contributed by atoms with van der Waals surface area (Å²) in [6, 6.07) is 10.2. The summed E-state index contributed by atoms with van der Waals surface area (Å²) in [6.45, 7) is 1.52. The number of carboxylic acids is 1. The summed E-state index contributed by atoms with van der Waals surface area (Å²) in [6.07, 6.45) is -5.57. The van der Waals surface area contributed by atoms with Crippen molar-refractivity contribution in [2.24, 2.45) is 0 Å². The monoisotopic (exact) mass is 468 g/mol. The maximum absolute atomic E-state index is 13.3. The Kier molecular flexibility index (Phi) is 6.68. The summed E-state index contributed by atoms with van der Waals surface area (Å²) in [5.74, 6) is -2.08. The maximum Gasteiger partial charge on any atom is 0.419 e. The standard InChI is InChI=1S/C20H16ClF3N4O4/c1-2-32-19(31)27(13-7-5-6-12(10-13)20(22,23)24)14-8-3-4-9-15(14)28-16(11-21)25-17(26-28)18(29)30/h3-10H,2,11H2,1H3,(H,29,30). The number of alkyl halides is 4. The van der Waals surface area contributed by atoms with Gasteiger partial charge in [0.1, 0.15) is 5.82 Å². The van der Waals surface area contributed by atoms with Gasteiger partial charge in [-0.15, -0.1) is 16.7 Å². The maximum atomic E-state index is 13.3. The van der Waals surface area contributed by atoms with E-state index in [1.165, 1.54) is 18.2 Å². The molecule has 1 aromatic heterocycles. The van der Waals surface area contributed by atoms with Crippen molar-refractivity contribution in [3.05, 3.63) is 65.7 Å². The summed E-state index contributed by atoms with van der Waals surface area (Å²) in [5.41, 5.74) is -0.832. The first-order chi connectivity index (χ1) is 15.2. The minimum atomic E-state index is -4.63. The van der Waals surface area contributed by atoms with Crippen LogP contribution >= 0.6 is 11.6 Å². The van der Waals surface area contributed by atoms with Crippen LogP contribution in [0.3, 0.4) is 0 Å². The van der Waals surface area contributed by atoms with Gasteiger partial charge in [-0.3, -0.25) is 0 Å². The Bertz CT molecular complexity index is 1150. The van der Waals surface area contributed by atoms with Crippen molar-refractivity contribution in [1.82, 2.24) is 14.8 Å². The molecule has 0 bridgehead atoms. The van der Waals surface area contributed by atoms with Crippen LogP contribution in [0.2, 0.25) is 0 Å². The molecule has 0 saturated heterocycles. The highest BCUT2D eigenvalue weighted by Crippen LogP contribution is 2.36. The molecule has 1 amide bonds. The second-order valence-electron chi connectivity index (χ2n) is 6.27. The number of aromatic nitrogens is 3. The molecule has 8 nitrogen and oxygen atoms in total. The molecule has 0 radical (unpaired) electrons. The van der Waals surface area contributed by atoms with Crippen molar-refractivity contribution in [2.75, 3.05) is 11.5 Å². The number of hydrogen-bond acceptors (Lipinski definition) is 5. The van der Waals surface area contributed by atoms with Gasteiger partial charge in [-0.25, -0.2) is 24.2 Å². The van der Waals surface area contributed by atoms with Crippen molar-refractivity contribution in [1.29, 1.82) is 0 Å². The number of nitrogens with zero attached hydrogens (tertiary/aromatic N) is 4. The Morgan fingerprint density at radius 1 is 1.19 bits per heavy atom. The number of para-hydroxylation sites is 2. The number of halogens is 4. The minimum Gasteiger partial charge on any atom is -0.475 e. The van der Waals surface area contributed by atoms with Crippen LogP contribution < -0.4 is 4.90 Å². The van der Waals surface area contributed by atoms with Crippen molar-refractivity contribution in [3.8, 4) is 5.69 Å². The molecule has 12 heteroatoms. The molecule has 0 unspecified atom stereocenters. The third-order valence-corrected chi connectivity index (χ3v) is 4.46. The Balaban J connectivity index is 2.23. The Morgan fingerprint density at radius 3 is 2.53 bits per heavy atom. The van der Waals surface area contributed by atoms with Gasteiger partial charge in [0.25, 0.3) is 5.82 Å². The van der Waals surface area contributed by atoms with E-state index in [4.69, 9.17) is 16.3 Å². The second kappa shape index (κ2) is 9.27. The Hall–Kier alpha value is -3.60. The highest BCUT2D eigenvalue weighted by atomic mass is 35.5. The highest BCUT2D eigenvalue weighted by molar-refractivity contribution is 6.16. The van der Waals surface area contributed by atoms with Gasteiger partial charge in [-0.05, 0) is 37.3 Å². The third kappa shape index (κ3) is 4.67. The number of anilines is 2. The van der Waals surface area contributed by atoms with E-state index < -0.39 is 29.6 Å². The Labute approximate surface area is 184 Å². The van der Waals surface area contributed by atoms with Crippen LogP contribution in [-0.4, -0.2) is 38.5 Å². The number of carbonyl (C=O) groups excluding carboxylic acids is 1. The molecule has 168 valence electrons. The zero-order chi connectivity index (χ0) is 23.5. The summed E-state index contributed by atoms with van der Waals surface area (Å²) >= 11 is 5.89. The summed E-state index contributed by atoms with van der Waals surface area (Å²) in [7, 11) is 0. The molecule has 3 aromatic rings. The van der Waals surface area contributed by atoms with E-state index in [-0.39, 0.29) is 35.4 Å². The molecule has 0 saturated carbocycles. The number of carbonyl (C=O) groups is 2. The van der Waals surface area contributed by atoms with E-state index in [9.17, 15) is 27.9 Å². The molecule has 1 heterocycles. The predicted molar refractivity (Wildman–Crippen MR) is 108 cm³/mol. The summed E-state index contributed by atoms with van der Waals surface area (Å²) in [4.78, 5) is 28.9. The lowest BCUT2D eigenvalue weighted by molar-refractivity contribution is -0.137. The molecule has 32 heavy (non-hydrogen) atoms. The fourth-order valence-electron chi connectivity index (χ4n) is 2.90. The fraction of sp³-hybridized carbons (Fsp3) is 0.200. The molecule has 0 aliphatic rings. The highest BCUT2D eigenvalue weighted by Gasteiger charge is 2.32. The van der Waals surface area contributed by atoms with E-state index >= 15 is 0 Å². The quantitative estimate of drug-likeness (QED) is 0.510. The van der Waals surface area contributed by atoms with Gasteiger partial charge < -0.3 is 9.84 Å². The lowest BCUT2D eigenvalue weighted by atomic mass is 10.1. The van der Waals surface area contributed by atoms with Crippen molar-refractivity contribution < 1.29 is 32.6 Å². The number of benzene rings is 2. The van der Waals surface area contributed by atoms with E-state index in [0.717, 1.165) is 27.8 Å². The first kappa shape index (κ1) is 23.1. The van der Waals surface area contributed by atoms with Gasteiger partial charge in [-0.1, -0.05) is 18.2 Å². The van der Waals surface area contributed by atoms with E-state index in [1.807, 2.05) is 0 Å². The van der Waals surface area contributed by atoms with E-state index in [0.29, 0.717) is 0 Å². The van der Waals surface area contributed by atoms with E-state index in [1.54, 1.807) is 19.1 Å². The van der Waals surface area contributed by atoms with Gasteiger partial charge in [-0.2, -0.15) is 13.2 Å². The molecule has 0 fully saturated rings. The van der Waals surface area contributed by atoms with Gasteiger partial charge in [0, 0.05) is 0 Å². The van der Waals surface area contributed by atoms with Crippen molar-refractivity contribution in [2.45, 2.75) is 19.0 Å². The number of carboxylic acid groups (broad SMARTS) is 1. The number of amides is 1. The van der Waals surface area contributed by atoms with E-state index in [2.05, 4.69) is 10.1 Å². The normalized spacial score (nSPS) is 11.3. The molecule has 0 spiro atoms. The lowest BCUT2D eigenvalue weighted by Gasteiger charge is -2.25. The van der Waals surface area contributed by atoms with Crippen LogP contribution in [0.5, 0.6) is 0 Å². The topological polar surface area (TPSA) is 97.6 Å². The van der Waals surface area contributed by atoms with Crippen LogP contribution in [0.15, 0.2) is 48.5 Å². The number of ether oxygens (including phenoxy) is 1. The second-order valence-corrected chi connectivity index (χ2v) is 6.54. The SMILES string of the molecule is CCOC(=O)N(c1cccc(C(F)(F)F)c1)c1ccccc1-n1nc(C(=O)O)nc1CCl. The zero-order valence-electron chi connectivity index (χ0n) is 16.5. The summed E-state index contributed by atoms with van der Waals surface area (Å²) < 4.78 is 46.0. The molecule has 2 aromatic carbocycles. The third-order valence-electron chi connectivity index (χ3n) is 4.22. The van der Waals surface area contributed by atoms with Gasteiger partial charge in [0.15, 0.2) is 0 Å². The lowest BCUT2D eigenvalue weighted by Crippen LogP contribution is -2.28.